The van der Waals surface area contributed by atoms with E-state index in [0.717, 1.165) is 12.1 Å². The Kier molecular flexibility index (Phi) is 6.37. The van der Waals surface area contributed by atoms with Crippen LogP contribution in [-0.4, -0.2) is 73.1 Å². The fourth-order valence-corrected chi connectivity index (χ4v) is 6.47. The van der Waals surface area contributed by atoms with Gasteiger partial charge in [0.2, 0.25) is 15.9 Å². The van der Waals surface area contributed by atoms with Gasteiger partial charge in [-0.3, -0.25) is 4.79 Å². The van der Waals surface area contributed by atoms with Gasteiger partial charge in [0.05, 0.1) is 11.5 Å². The van der Waals surface area contributed by atoms with Crippen LogP contribution in [0.4, 0.5) is 18.9 Å². The summed E-state index contributed by atoms with van der Waals surface area (Å²) in [6.07, 6.45) is -3.32. The van der Waals surface area contributed by atoms with Crippen molar-refractivity contribution in [2.24, 2.45) is 5.92 Å². The number of fused-ring (bicyclic) bond motifs is 1. The minimum Gasteiger partial charge on any atom is -0.368 e. The number of rotatable bonds is 4. The lowest BCUT2D eigenvalue weighted by Gasteiger charge is -2.39. The average molecular weight is 524 g/mol. The second-order valence-electron chi connectivity index (χ2n) is 8.95. The van der Waals surface area contributed by atoms with E-state index in [4.69, 9.17) is 0 Å². The van der Waals surface area contributed by atoms with Gasteiger partial charge < -0.3 is 9.80 Å². The third-order valence-electron chi connectivity index (χ3n) is 6.73. The molecule has 2 fully saturated rings. The highest BCUT2D eigenvalue weighted by Gasteiger charge is 2.37. The SMILES string of the molecule is O=C([C@@H]1CCCN(S(=O)(=O)c2cccc3nonc23)C1)N1CCN(c2cccc(C(F)(F)F)c2)CC1. The predicted molar refractivity (Wildman–Crippen MR) is 124 cm³/mol. The molecule has 2 aromatic carbocycles. The summed E-state index contributed by atoms with van der Waals surface area (Å²) in [6.45, 7) is 1.82. The van der Waals surface area contributed by atoms with E-state index >= 15 is 0 Å². The van der Waals surface area contributed by atoms with E-state index in [2.05, 4.69) is 14.9 Å². The predicted octanol–water partition coefficient (Wildman–Crippen LogP) is 2.99. The summed E-state index contributed by atoms with van der Waals surface area (Å²) in [5.74, 6) is -0.636. The van der Waals surface area contributed by atoms with Gasteiger partial charge in [-0.15, -0.1) is 0 Å². The molecule has 0 N–H and O–H groups in total. The topological polar surface area (TPSA) is 99.8 Å². The van der Waals surface area contributed by atoms with E-state index in [1.165, 1.54) is 16.4 Å². The molecule has 0 aliphatic carbocycles. The Morgan fingerprint density at radius 3 is 2.50 bits per heavy atom. The smallest absolute Gasteiger partial charge is 0.368 e. The van der Waals surface area contributed by atoms with E-state index < -0.39 is 27.7 Å². The van der Waals surface area contributed by atoms with Gasteiger partial charge in [-0.1, -0.05) is 12.1 Å². The van der Waals surface area contributed by atoms with Crippen molar-refractivity contribution in [3.8, 4) is 0 Å². The molecule has 13 heteroatoms. The van der Waals surface area contributed by atoms with Crippen LogP contribution in [0, 0.1) is 5.92 Å². The van der Waals surface area contributed by atoms with Crippen molar-refractivity contribution in [1.82, 2.24) is 19.5 Å². The highest BCUT2D eigenvalue weighted by molar-refractivity contribution is 7.89. The molecule has 3 aromatic rings. The van der Waals surface area contributed by atoms with E-state index in [1.807, 2.05) is 4.90 Å². The summed E-state index contributed by atoms with van der Waals surface area (Å²) in [7, 11) is -3.92. The Morgan fingerprint density at radius 2 is 1.75 bits per heavy atom. The zero-order valence-corrected chi connectivity index (χ0v) is 20.0. The molecule has 1 aromatic heterocycles. The van der Waals surface area contributed by atoms with Crippen molar-refractivity contribution < 1.29 is 31.0 Å². The van der Waals surface area contributed by atoms with E-state index in [1.54, 1.807) is 23.1 Å². The number of benzene rings is 2. The summed E-state index contributed by atoms with van der Waals surface area (Å²) < 4.78 is 71.9. The van der Waals surface area contributed by atoms with Gasteiger partial charge in [-0.25, -0.2) is 13.0 Å². The van der Waals surface area contributed by atoms with Gasteiger partial charge in [0.25, 0.3) is 0 Å². The normalized spacial score (nSPS) is 20.1. The molecule has 0 saturated carbocycles. The van der Waals surface area contributed by atoms with Crippen LogP contribution in [-0.2, 0) is 21.0 Å². The zero-order chi connectivity index (χ0) is 25.5. The van der Waals surface area contributed by atoms with Gasteiger partial charge in [0.1, 0.15) is 10.4 Å². The second-order valence-corrected chi connectivity index (χ2v) is 10.9. The molecule has 36 heavy (non-hydrogen) atoms. The third-order valence-corrected chi connectivity index (χ3v) is 8.63. The molecule has 0 spiro atoms. The standard InChI is InChI=1S/C23H24F3N5O4S/c24-23(25,26)17-5-1-6-18(14-17)29-10-12-30(13-11-29)22(32)16-4-3-9-31(15-16)36(33,34)20-8-2-7-19-21(20)28-35-27-19/h1-2,5-8,14,16H,3-4,9-13,15H2/t16-/m1/s1. The Hall–Kier alpha value is -3.19. The first kappa shape index (κ1) is 24.5. The molecule has 0 unspecified atom stereocenters. The lowest BCUT2D eigenvalue weighted by atomic mass is 9.97. The quantitative estimate of drug-likeness (QED) is 0.518. The molecule has 2 saturated heterocycles. The number of alkyl halides is 3. The average Bonchev–Trinajstić information content (AvgIpc) is 3.37. The van der Waals surface area contributed by atoms with Crippen molar-refractivity contribution in [2.45, 2.75) is 23.9 Å². The number of carbonyl (C=O) groups is 1. The van der Waals surface area contributed by atoms with Crippen LogP contribution in [0.15, 0.2) is 52.0 Å². The van der Waals surface area contributed by atoms with Crippen molar-refractivity contribution in [2.75, 3.05) is 44.2 Å². The summed E-state index contributed by atoms with van der Waals surface area (Å²) in [5.41, 5.74) is 0.235. The maximum atomic E-state index is 13.3. The Morgan fingerprint density at radius 1 is 1.00 bits per heavy atom. The molecule has 0 bridgehead atoms. The van der Waals surface area contributed by atoms with E-state index in [-0.39, 0.29) is 29.4 Å². The monoisotopic (exact) mass is 523 g/mol. The van der Waals surface area contributed by atoms with Crippen LogP contribution in [0.5, 0.6) is 0 Å². The number of halogens is 3. The summed E-state index contributed by atoms with van der Waals surface area (Å²) in [5, 5.41) is 7.42. The minimum atomic E-state index is -4.42. The number of sulfonamides is 1. The van der Waals surface area contributed by atoms with E-state index in [9.17, 15) is 26.4 Å². The molecule has 2 aliphatic rings. The van der Waals surface area contributed by atoms with Crippen molar-refractivity contribution in [3.05, 3.63) is 48.0 Å². The summed E-state index contributed by atoms with van der Waals surface area (Å²) in [6, 6.07) is 9.77. The fourth-order valence-electron chi connectivity index (χ4n) is 4.81. The van der Waals surface area contributed by atoms with Gasteiger partial charge in [0.15, 0.2) is 5.52 Å². The first-order valence-corrected chi connectivity index (χ1v) is 13.0. The Bertz CT molecular complexity index is 1370. The molecular formula is C23H24F3N5O4S. The highest BCUT2D eigenvalue weighted by Crippen LogP contribution is 2.32. The Balaban J connectivity index is 1.25. The number of piperidine rings is 1. The minimum absolute atomic E-state index is 0.0101. The van der Waals surface area contributed by atoms with Gasteiger partial charge >= 0.3 is 6.18 Å². The number of amides is 1. The summed E-state index contributed by atoms with van der Waals surface area (Å²) >= 11 is 0. The summed E-state index contributed by atoms with van der Waals surface area (Å²) in [4.78, 5) is 16.7. The number of piperazine rings is 1. The largest absolute Gasteiger partial charge is 0.416 e. The maximum Gasteiger partial charge on any atom is 0.416 e. The lowest BCUT2D eigenvalue weighted by molar-refractivity contribution is -0.137. The second kappa shape index (κ2) is 9.36. The number of hydrogen-bond acceptors (Lipinski definition) is 7. The molecule has 2 aliphatic heterocycles. The van der Waals surface area contributed by atoms with Gasteiger partial charge in [0, 0.05) is 45.0 Å². The van der Waals surface area contributed by atoms with Gasteiger partial charge in [-0.2, -0.15) is 17.5 Å². The van der Waals surface area contributed by atoms with Crippen molar-refractivity contribution in [1.29, 1.82) is 0 Å². The third kappa shape index (κ3) is 4.64. The molecule has 0 radical (unpaired) electrons. The van der Waals surface area contributed by atoms with Crippen LogP contribution in [0.1, 0.15) is 18.4 Å². The van der Waals surface area contributed by atoms with Crippen LogP contribution in [0.2, 0.25) is 0 Å². The van der Waals surface area contributed by atoms with Crippen LogP contribution < -0.4 is 4.90 Å². The van der Waals surface area contributed by atoms with Crippen LogP contribution in [0.25, 0.3) is 11.0 Å². The van der Waals surface area contributed by atoms with Crippen molar-refractivity contribution >= 4 is 32.7 Å². The number of hydrogen-bond donors (Lipinski definition) is 0. The molecule has 9 nitrogen and oxygen atoms in total. The zero-order valence-electron chi connectivity index (χ0n) is 19.2. The molecule has 3 heterocycles. The highest BCUT2D eigenvalue weighted by atomic mass is 32.2. The fraction of sp³-hybridized carbons (Fsp3) is 0.435. The number of anilines is 1. The number of nitrogens with zero attached hydrogens (tertiary/aromatic N) is 5. The number of aromatic nitrogens is 2. The van der Waals surface area contributed by atoms with E-state index in [0.29, 0.717) is 50.2 Å². The molecular weight excluding hydrogens is 499 g/mol. The number of carbonyl (C=O) groups excluding carboxylic acids is 1. The van der Waals surface area contributed by atoms with Gasteiger partial charge in [-0.05, 0) is 53.5 Å². The van der Waals surface area contributed by atoms with Crippen molar-refractivity contribution in [3.63, 3.8) is 0 Å². The molecule has 5 rings (SSSR count). The first-order valence-electron chi connectivity index (χ1n) is 11.6. The molecule has 1 amide bonds. The van der Waals surface area contributed by atoms with Crippen LogP contribution >= 0.6 is 0 Å². The Labute approximate surface area is 205 Å². The lowest BCUT2D eigenvalue weighted by Crippen LogP contribution is -2.53. The maximum absolute atomic E-state index is 13.3. The molecule has 192 valence electrons. The van der Waals surface area contributed by atoms with Crippen LogP contribution in [0.3, 0.4) is 0 Å². The first-order chi connectivity index (χ1) is 17.1. The molecule has 1 atom stereocenters.